The zero-order valence-electron chi connectivity index (χ0n) is 14.0. The first-order chi connectivity index (χ1) is 12.6. The van der Waals surface area contributed by atoms with E-state index in [4.69, 9.17) is 11.6 Å². The summed E-state index contributed by atoms with van der Waals surface area (Å²) in [5.74, 6) is 0.453. The lowest BCUT2D eigenvalue weighted by Crippen LogP contribution is -2.13. The van der Waals surface area contributed by atoms with Crippen LogP contribution in [0.5, 0.6) is 0 Å². The smallest absolute Gasteiger partial charge is 0.258 e. The van der Waals surface area contributed by atoms with Gasteiger partial charge in [-0.15, -0.1) is 0 Å². The van der Waals surface area contributed by atoms with E-state index in [9.17, 15) is 4.79 Å². The Bertz CT molecular complexity index is 1090. The van der Waals surface area contributed by atoms with Gasteiger partial charge in [0.15, 0.2) is 0 Å². The summed E-state index contributed by atoms with van der Waals surface area (Å²) < 4.78 is 0. The van der Waals surface area contributed by atoms with Crippen molar-refractivity contribution in [2.45, 2.75) is 6.92 Å². The Balaban J connectivity index is 1.68. The third-order valence-electron chi connectivity index (χ3n) is 4.15. The standard InChI is InChI=1S/C20H15ClN4O/c1-12-8-9-13(19-23-15-6-2-3-7-16(15)24-19)11-17(12)25-20(26)14-5-4-10-22-18(14)21/h2-11H,1H3,(H,23,24)(H,25,26). The molecule has 2 heterocycles. The van der Waals surface area contributed by atoms with Gasteiger partial charge in [0.2, 0.25) is 0 Å². The largest absolute Gasteiger partial charge is 0.338 e. The number of carbonyl (C=O) groups excluding carboxylic acids is 1. The Morgan fingerprint density at radius 3 is 2.77 bits per heavy atom. The minimum atomic E-state index is -0.298. The Morgan fingerprint density at radius 1 is 1.12 bits per heavy atom. The highest BCUT2D eigenvalue weighted by atomic mass is 35.5. The van der Waals surface area contributed by atoms with Gasteiger partial charge < -0.3 is 10.3 Å². The van der Waals surface area contributed by atoms with Gasteiger partial charge in [0, 0.05) is 17.4 Å². The van der Waals surface area contributed by atoms with Crippen LogP contribution in [0.2, 0.25) is 5.15 Å². The SMILES string of the molecule is Cc1ccc(-c2nc3ccccc3[nH]2)cc1NC(=O)c1cccnc1Cl. The summed E-state index contributed by atoms with van der Waals surface area (Å²) in [6.45, 7) is 1.93. The van der Waals surface area contributed by atoms with Crippen LogP contribution in [0.3, 0.4) is 0 Å². The molecule has 1 amide bonds. The van der Waals surface area contributed by atoms with Crippen molar-refractivity contribution in [3.05, 3.63) is 77.1 Å². The van der Waals surface area contributed by atoms with Crippen LogP contribution in [0.25, 0.3) is 22.4 Å². The number of fused-ring (bicyclic) bond motifs is 1. The quantitative estimate of drug-likeness (QED) is 0.512. The number of nitrogens with one attached hydrogen (secondary N) is 2. The molecule has 0 aliphatic carbocycles. The Morgan fingerprint density at radius 2 is 1.96 bits per heavy atom. The number of para-hydroxylation sites is 2. The zero-order valence-corrected chi connectivity index (χ0v) is 14.7. The summed E-state index contributed by atoms with van der Waals surface area (Å²) in [6.07, 6.45) is 1.55. The van der Waals surface area contributed by atoms with Crippen molar-refractivity contribution in [2.24, 2.45) is 0 Å². The van der Waals surface area contributed by atoms with Gasteiger partial charge >= 0.3 is 0 Å². The van der Waals surface area contributed by atoms with Crippen LogP contribution in [-0.4, -0.2) is 20.9 Å². The van der Waals surface area contributed by atoms with Gasteiger partial charge in [0.25, 0.3) is 5.91 Å². The lowest BCUT2D eigenvalue weighted by molar-refractivity contribution is 0.102. The highest BCUT2D eigenvalue weighted by Crippen LogP contribution is 2.26. The average Bonchev–Trinajstić information content (AvgIpc) is 3.08. The summed E-state index contributed by atoms with van der Waals surface area (Å²) in [4.78, 5) is 24.4. The summed E-state index contributed by atoms with van der Waals surface area (Å²) >= 11 is 6.01. The molecule has 0 fully saturated rings. The fourth-order valence-electron chi connectivity index (χ4n) is 2.74. The number of hydrogen-bond donors (Lipinski definition) is 2. The van der Waals surface area contributed by atoms with Gasteiger partial charge in [-0.3, -0.25) is 4.79 Å². The van der Waals surface area contributed by atoms with Gasteiger partial charge in [-0.1, -0.05) is 35.9 Å². The zero-order chi connectivity index (χ0) is 18.1. The first-order valence-electron chi connectivity index (χ1n) is 8.09. The molecule has 128 valence electrons. The normalized spacial score (nSPS) is 10.8. The maximum absolute atomic E-state index is 12.5. The van der Waals surface area contributed by atoms with Gasteiger partial charge in [0.05, 0.1) is 16.6 Å². The van der Waals surface area contributed by atoms with E-state index in [0.29, 0.717) is 11.3 Å². The van der Waals surface area contributed by atoms with Crippen molar-refractivity contribution < 1.29 is 4.79 Å². The molecule has 0 radical (unpaired) electrons. The maximum atomic E-state index is 12.5. The number of nitrogens with zero attached hydrogens (tertiary/aromatic N) is 2. The van der Waals surface area contributed by atoms with E-state index in [1.165, 1.54) is 0 Å². The van der Waals surface area contributed by atoms with Crippen molar-refractivity contribution in [2.75, 3.05) is 5.32 Å². The van der Waals surface area contributed by atoms with Crippen LogP contribution >= 0.6 is 11.6 Å². The molecule has 0 saturated heterocycles. The number of rotatable bonds is 3. The molecular formula is C20H15ClN4O. The maximum Gasteiger partial charge on any atom is 0.258 e. The Labute approximate surface area is 155 Å². The number of amides is 1. The number of H-pyrrole nitrogens is 1. The first kappa shape index (κ1) is 16.3. The number of benzene rings is 2. The molecule has 4 rings (SSSR count). The number of aromatic amines is 1. The van der Waals surface area contributed by atoms with E-state index < -0.39 is 0 Å². The first-order valence-corrected chi connectivity index (χ1v) is 8.47. The monoisotopic (exact) mass is 362 g/mol. The molecule has 2 N–H and O–H groups in total. The van der Waals surface area contributed by atoms with Crippen LogP contribution in [0.1, 0.15) is 15.9 Å². The molecule has 5 nitrogen and oxygen atoms in total. The molecule has 2 aromatic carbocycles. The second-order valence-electron chi connectivity index (χ2n) is 5.93. The van der Waals surface area contributed by atoms with Crippen molar-refractivity contribution >= 4 is 34.2 Å². The molecule has 2 aromatic heterocycles. The Hall–Kier alpha value is -3.18. The lowest BCUT2D eigenvalue weighted by Gasteiger charge is -2.10. The van der Waals surface area contributed by atoms with Crippen LogP contribution in [0.4, 0.5) is 5.69 Å². The summed E-state index contributed by atoms with van der Waals surface area (Å²) in [7, 11) is 0. The predicted molar refractivity (Wildman–Crippen MR) is 103 cm³/mol. The number of pyridine rings is 1. The molecule has 0 aliphatic heterocycles. The summed E-state index contributed by atoms with van der Waals surface area (Å²) in [5.41, 5.74) is 4.74. The number of aromatic nitrogens is 3. The molecule has 0 spiro atoms. The van der Waals surface area contributed by atoms with Gasteiger partial charge in [-0.2, -0.15) is 0 Å². The third-order valence-corrected chi connectivity index (χ3v) is 4.45. The van der Waals surface area contributed by atoms with Crippen LogP contribution in [0.15, 0.2) is 60.8 Å². The minimum absolute atomic E-state index is 0.177. The molecule has 0 unspecified atom stereocenters. The fourth-order valence-corrected chi connectivity index (χ4v) is 2.94. The van der Waals surface area contributed by atoms with E-state index in [1.807, 2.05) is 49.4 Å². The van der Waals surface area contributed by atoms with Crippen molar-refractivity contribution in [1.29, 1.82) is 0 Å². The van der Waals surface area contributed by atoms with E-state index in [-0.39, 0.29) is 11.1 Å². The molecule has 0 bridgehead atoms. The van der Waals surface area contributed by atoms with E-state index in [1.54, 1.807) is 18.3 Å². The highest BCUT2D eigenvalue weighted by molar-refractivity contribution is 6.33. The number of carbonyl (C=O) groups is 1. The third kappa shape index (κ3) is 3.05. The van der Waals surface area contributed by atoms with E-state index in [0.717, 1.165) is 28.0 Å². The van der Waals surface area contributed by atoms with Crippen LogP contribution in [-0.2, 0) is 0 Å². The number of anilines is 1. The minimum Gasteiger partial charge on any atom is -0.338 e. The highest BCUT2D eigenvalue weighted by Gasteiger charge is 2.13. The fraction of sp³-hybridized carbons (Fsp3) is 0.0500. The molecule has 6 heteroatoms. The second-order valence-corrected chi connectivity index (χ2v) is 6.29. The summed E-state index contributed by atoms with van der Waals surface area (Å²) in [5, 5.41) is 3.08. The van der Waals surface area contributed by atoms with E-state index >= 15 is 0 Å². The number of halogens is 1. The van der Waals surface area contributed by atoms with Gasteiger partial charge in [0.1, 0.15) is 11.0 Å². The average molecular weight is 363 g/mol. The van der Waals surface area contributed by atoms with Gasteiger partial charge in [-0.25, -0.2) is 9.97 Å². The van der Waals surface area contributed by atoms with Crippen molar-refractivity contribution in [3.8, 4) is 11.4 Å². The number of imidazole rings is 1. The van der Waals surface area contributed by atoms with Gasteiger partial charge in [-0.05, 0) is 42.8 Å². The summed E-state index contributed by atoms with van der Waals surface area (Å²) in [6, 6.07) is 17.0. The number of hydrogen-bond acceptors (Lipinski definition) is 3. The van der Waals surface area contributed by atoms with Crippen LogP contribution in [0, 0.1) is 6.92 Å². The lowest BCUT2D eigenvalue weighted by atomic mass is 10.1. The topological polar surface area (TPSA) is 70.7 Å². The Kier molecular flexibility index (Phi) is 4.14. The molecule has 0 aliphatic rings. The molecule has 0 saturated carbocycles. The molecule has 4 aromatic rings. The molecule has 26 heavy (non-hydrogen) atoms. The molecule has 0 atom stereocenters. The number of aryl methyl sites for hydroxylation is 1. The van der Waals surface area contributed by atoms with Crippen molar-refractivity contribution in [1.82, 2.24) is 15.0 Å². The van der Waals surface area contributed by atoms with E-state index in [2.05, 4.69) is 20.3 Å². The van der Waals surface area contributed by atoms with Crippen molar-refractivity contribution in [3.63, 3.8) is 0 Å². The predicted octanol–water partition coefficient (Wildman–Crippen LogP) is 4.84. The molecular weight excluding hydrogens is 348 g/mol. The second kappa shape index (κ2) is 6.61. The van der Waals surface area contributed by atoms with Crippen LogP contribution < -0.4 is 5.32 Å².